The van der Waals surface area contributed by atoms with Gasteiger partial charge >= 0.3 is 0 Å². The average Bonchev–Trinajstić information content (AvgIpc) is 2.37. The molecule has 0 spiro atoms. The third-order valence-corrected chi connectivity index (χ3v) is 3.47. The van der Waals surface area contributed by atoms with Crippen LogP contribution in [0.2, 0.25) is 0 Å². The Hall–Kier alpha value is -1.87. The van der Waals surface area contributed by atoms with E-state index in [1.165, 1.54) is 11.1 Å². The maximum Gasteiger partial charge on any atom is 0.175 e. The average molecular weight is 298 g/mol. The molecule has 3 heteroatoms. The SMILES string of the molecule is Cc1cccc(NC(=S)Nc2cccc(C(C)(C)C)c2)c1. The fourth-order valence-corrected chi connectivity index (χ4v) is 2.32. The lowest BCUT2D eigenvalue weighted by Crippen LogP contribution is -2.19. The lowest BCUT2D eigenvalue weighted by molar-refractivity contribution is 0.590. The molecular formula is C18H22N2S. The Morgan fingerprint density at radius 3 is 2.05 bits per heavy atom. The van der Waals surface area contributed by atoms with E-state index >= 15 is 0 Å². The molecule has 21 heavy (non-hydrogen) atoms. The number of hydrogen-bond acceptors (Lipinski definition) is 1. The van der Waals surface area contributed by atoms with E-state index < -0.39 is 0 Å². The normalized spacial score (nSPS) is 11.0. The van der Waals surface area contributed by atoms with Crippen molar-refractivity contribution >= 4 is 28.7 Å². The minimum atomic E-state index is 0.128. The summed E-state index contributed by atoms with van der Waals surface area (Å²) in [5.74, 6) is 0. The summed E-state index contributed by atoms with van der Waals surface area (Å²) in [6, 6.07) is 16.5. The molecule has 110 valence electrons. The van der Waals surface area contributed by atoms with Gasteiger partial charge in [-0.15, -0.1) is 0 Å². The van der Waals surface area contributed by atoms with Crippen molar-refractivity contribution in [1.82, 2.24) is 0 Å². The molecule has 2 nitrogen and oxygen atoms in total. The molecule has 2 aromatic rings. The monoisotopic (exact) mass is 298 g/mol. The lowest BCUT2D eigenvalue weighted by atomic mass is 9.87. The smallest absolute Gasteiger partial charge is 0.175 e. The van der Waals surface area contributed by atoms with Crippen molar-refractivity contribution in [2.75, 3.05) is 10.6 Å². The highest BCUT2D eigenvalue weighted by atomic mass is 32.1. The van der Waals surface area contributed by atoms with Crippen LogP contribution in [0, 0.1) is 6.92 Å². The van der Waals surface area contributed by atoms with Gasteiger partial charge in [-0.05, 0) is 59.9 Å². The minimum Gasteiger partial charge on any atom is -0.332 e. The van der Waals surface area contributed by atoms with Gasteiger partial charge in [0.05, 0.1) is 0 Å². The van der Waals surface area contributed by atoms with Crippen LogP contribution in [0.4, 0.5) is 11.4 Å². The second kappa shape index (κ2) is 6.27. The summed E-state index contributed by atoms with van der Waals surface area (Å²) in [6.45, 7) is 8.68. The Bertz CT molecular complexity index is 642. The zero-order chi connectivity index (χ0) is 15.5. The van der Waals surface area contributed by atoms with Gasteiger partial charge in [-0.1, -0.05) is 45.0 Å². The fourth-order valence-electron chi connectivity index (χ4n) is 2.08. The van der Waals surface area contributed by atoms with Crippen LogP contribution < -0.4 is 10.6 Å². The van der Waals surface area contributed by atoms with Crippen LogP contribution >= 0.6 is 12.2 Å². The molecule has 2 aromatic carbocycles. The van der Waals surface area contributed by atoms with Gasteiger partial charge in [-0.2, -0.15) is 0 Å². The van der Waals surface area contributed by atoms with Crippen LogP contribution in [0.15, 0.2) is 48.5 Å². The van der Waals surface area contributed by atoms with Gasteiger partial charge in [-0.3, -0.25) is 0 Å². The van der Waals surface area contributed by atoms with E-state index in [0.29, 0.717) is 5.11 Å². The first-order valence-electron chi connectivity index (χ1n) is 7.10. The second-order valence-corrected chi connectivity index (χ2v) is 6.69. The van der Waals surface area contributed by atoms with E-state index in [2.05, 4.69) is 68.7 Å². The van der Waals surface area contributed by atoms with E-state index in [1.54, 1.807) is 0 Å². The Kier molecular flexibility index (Phi) is 4.63. The maximum absolute atomic E-state index is 5.38. The Balaban J connectivity index is 2.06. The molecule has 0 aliphatic carbocycles. The molecule has 0 bridgehead atoms. The summed E-state index contributed by atoms with van der Waals surface area (Å²) in [5.41, 5.74) is 4.62. The molecule has 2 rings (SSSR count). The number of benzene rings is 2. The van der Waals surface area contributed by atoms with Gasteiger partial charge in [0, 0.05) is 11.4 Å². The standard InChI is InChI=1S/C18H22N2S/c1-13-7-5-9-15(11-13)19-17(21)20-16-10-6-8-14(12-16)18(2,3)4/h5-12H,1-4H3,(H2,19,20,21). The highest BCUT2D eigenvalue weighted by Gasteiger charge is 2.13. The molecule has 0 amide bonds. The van der Waals surface area contributed by atoms with Crippen molar-refractivity contribution in [2.45, 2.75) is 33.1 Å². The molecule has 2 N–H and O–H groups in total. The molecule has 0 fully saturated rings. The first kappa shape index (κ1) is 15.5. The van der Waals surface area contributed by atoms with E-state index in [-0.39, 0.29) is 5.41 Å². The fraction of sp³-hybridized carbons (Fsp3) is 0.278. The van der Waals surface area contributed by atoms with Gasteiger partial charge in [0.25, 0.3) is 0 Å². The number of anilines is 2. The van der Waals surface area contributed by atoms with Crippen molar-refractivity contribution in [3.8, 4) is 0 Å². The first-order valence-corrected chi connectivity index (χ1v) is 7.51. The van der Waals surface area contributed by atoms with Crippen LogP contribution in [0.3, 0.4) is 0 Å². The zero-order valence-electron chi connectivity index (χ0n) is 13.0. The summed E-state index contributed by atoms with van der Waals surface area (Å²) >= 11 is 5.38. The quantitative estimate of drug-likeness (QED) is 0.754. The van der Waals surface area contributed by atoms with Crippen molar-refractivity contribution in [2.24, 2.45) is 0 Å². The van der Waals surface area contributed by atoms with Gasteiger partial charge < -0.3 is 10.6 Å². The van der Waals surface area contributed by atoms with Gasteiger partial charge in [0.1, 0.15) is 0 Å². The molecule has 0 atom stereocenters. The number of rotatable bonds is 2. The van der Waals surface area contributed by atoms with Crippen molar-refractivity contribution < 1.29 is 0 Å². The largest absolute Gasteiger partial charge is 0.332 e. The molecule has 0 unspecified atom stereocenters. The summed E-state index contributed by atoms with van der Waals surface area (Å²) in [6.07, 6.45) is 0. The first-order chi connectivity index (χ1) is 9.84. The predicted molar refractivity (Wildman–Crippen MR) is 96.2 cm³/mol. The topological polar surface area (TPSA) is 24.1 Å². The third kappa shape index (κ3) is 4.57. The molecule has 0 aliphatic heterocycles. The molecular weight excluding hydrogens is 276 g/mol. The Labute approximate surface area is 132 Å². The number of aryl methyl sites for hydroxylation is 1. The van der Waals surface area contributed by atoms with Crippen LogP contribution in [-0.2, 0) is 5.41 Å². The zero-order valence-corrected chi connectivity index (χ0v) is 13.8. The van der Waals surface area contributed by atoms with E-state index in [9.17, 15) is 0 Å². The lowest BCUT2D eigenvalue weighted by Gasteiger charge is -2.20. The minimum absolute atomic E-state index is 0.128. The van der Waals surface area contributed by atoms with Crippen molar-refractivity contribution in [3.05, 3.63) is 59.7 Å². The summed E-state index contributed by atoms with van der Waals surface area (Å²) < 4.78 is 0. The van der Waals surface area contributed by atoms with Crippen LogP contribution in [0.25, 0.3) is 0 Å². The summed E-state index contributed by atoms with van der Waals surface area (Å²) in [4.78, 5) is 0. The number of thiocarbonyl (C=S) groups is 1. The van der Waals surface area contributed by atoms with Gasteiger partial charge in [0.2, 0.25) is 0 Å². The predicted octanol–water partition coefficient (Wildman–Crippen LogP) is 5.10. The maximum atomic E-state index is 5.38. The highest BCUT2D eigenvalue weighted by molar-refractivity contribution is 7.80. The molecule has 0 aliphatic rings. The molecule has 0 saturated heterocycles. The van der Waals surface area contributed by atoms with Crippen LogP contribution in [0.5, 0.6) is 0 Å². The van der Waals surface area contributed by atoms with Crippen LogP contribution in [0.1, 0.15) is 31.9 Å². The Morgan fingerprint density at radius 1 is 0.905 bits per heavy atom. The van der Waals surface area contributed by atoms with Crippen LogP contribution in [-0.4, -0.2) is 5.11 Å². The second-order valence-electron chi connectivity index (χ2n) is 6.28. The summed E-state index contributed by atoms with van der Waals surface area (Å²) in [5, 5.41) is 7.06. The van der Waals surface area contributed by atoms with E-state index in [1.807, 2.05) is 18.2 Å². The molecule has 0 heterocycles. The van der Waals surface area contributed by atoms with Crippen molar-refractivity contribution in [3.63, 3.8) is 0 Å². The van der Waals surface area contributed by atoms with E-state index in [0.717, 1.165) is 11.4 Å². The number of nitrogens with one attached hydrogen (secondary N) is 2. The van der Waals surface area contributed by atoms with Gasteiger partial charge in [0.15, 0.2) is 5.11 Å². The molecule has 0 radical (unpaired) electrons. The Morgan fingerprint density at radius 2 is 1.48 bits per heavy atom. The van der Waals surface area contributed by atoms with Crippen molar-refractivity contribution in [1.29, 1.82) is 0 Å². The number of hydrogen-bond donors (Lipinski definition) is 2. The summed E-state index contributed by atoms with van der Waals surface area (Å²) in [7, 11) is 0. The highest BCUT2D eigenvalue weighted by Crippen LogP contribution is 2.24. The third-order valence-electron chi connectivity index (χ3n) is 3.26. The van der Waals surface area contributed by atoms with Gasteiger partial charge in [-0.25, -0.2) is 0 Å². The van der Waals surface area contributed by atoms with E-state index in [4.69, 9.17) is 12.2 Å². The molecule has 0 aromatic heterocycles. The molecule has 0 saturated carbocycles.